The Morgan fingerprint density at radius 3 is 1.83 bits per heavy atom. The molecule has 0 fully saturated rings. The summed E-state index contributed by atoms with van der Waals surface area (Å²) in [5.74, 6) is 0. The highest BCUT2D eigenvalue weighted by atomic mass is 32.2. The summed E-state index contributed by atoms with van der Waals surface area (Å²) in [6, 6.07) is 0. The summed E-state index contributed by atoms with van der Waals surface area (Å²) in [5, 5.41) is 7.09. The fraction of sp³-hybridized carbons (Fsp3) is 0. The topological polar surface area (TPSA) is 66.8 Å². The highest BCUT2D eigenvalue weighted by molar-refractivity contribution is 7.74. The SMILES string of the molecule is O=S(O)OO.[AlH3]. The minimum Gasteiger partial charge on any atom is -0.282 e. The molecule has 0 saturated carbocycles. The predicted octanol–water partition coefficient (Wildman–Crippen LogP) is -1.57. The van der Waals surface area contributed by atoms with Gasteiger partial charge in [-0.1, -0.05) is 0 Å². The lowest BCUT2D eigenvalue weighted by Crippen LogP contribution is -1.85. The van der Waals surface area contributed by atoms with Crippen molar-refractivity contribution in [1.82, 2.24) is 0 Å². The van der Waals surface area contributed by atoms with Gasteiger partial charge in [-0.2, -0.15) is 4.21 Å². The monoisotopic (exact) mass is 128 g/mol. The van der Waals surface area contributed by atoms with Crippen LogP contribution >= 0.6 is 0 Å². The van der Waals surface area contributed by atoms with Crippen LogP contribution in [0.1, 0.15) is 0 Å². The largest absolute Gasteiger partial charge is 0.330 e. The van der Waals surface area contributed by atoms with Crippen LogP contribution in [0.4, 0.5) is 0 Å². The maximum Gasteiger partial charge on any atom is 0.330 e. The Morgan fingerprint density at radius 1 is 1.67 bits per heavy atom. The lowest BCUT2D eigenvalue weighted by Gasteiger charge is -1.73. The van der Waals surface area contributed by atoms with Gasteiger partial charge in [0.2, 0.25) is 0 Å². The third-order valence-corrected chi connectivity index (χ3v) is 0.191. The second-order valence-corrected chi connectivity index (χ2v) is 0.875. The molecule has 0 aromatic heterocycles. The normalized spacial score (nSPS) is 12.3. The molecule has 0 aliphatic carbocycles. The minimum atomic E-state index is -2.52. The van der Waals surface area contributed by atoms with Crippen LogP contribution < -0.4 is 0 Å². The Morgan fingerprint density at radius 2 is 1.83 bits per heavy atom. The first kappa shape index (κ1) is 9.75. The van der Waals surface area contributed by atoms with Gasteiger partial charge in [0.05, 0.1) is 0 Å². The van der Waals surface area contributed by atoms with E-state index < -0.39 is 11.4 Å². The molecule has 38 valence electrons. The zero-order chi connectivity index (χ0) is 4.28. The molecular formula is H5AlO4S. The Hall–Kier alpha value is 0.562. The van der Waals surface area contributed by atoms with Gasteiger partial charge in [-0.05, 0) is 0 Å². The third kappa shape index (κ3) is 8.82. The summed E-state index contributed by atoms with van der Waals surface area (Å²) in [7, 11) is 0. The molecule has 0 rings (SSSR count). The molecule has 2 N–H and O–H groups in total. The summed E-state index contributed by atoms with van der Waals surface area (Å²) in [4.78, 5) is 0. The van der Waals surface area contributed by atoms with Gasteiger partial charge in [0.1, 0.15) is 0 Å². The standard InChI is InChI=1S/Al.H2O4S.3H/c;1-4-5(2)3;;;/h;1H,(H,2,3);;;. The van der Waals surface area contributed by atoms with Gasteiger partial charge in [-0.25, -0.2) is 5.26 Å². The Bertz CT molecular complexity index is 42.8. The number of hydrogen-bond acceptors (Lipinski definition) is 3. The van der Waals surface area contributed by atoms with Crippen LogP contribution in [0.15, 0.2) is 0 Å². The van der Waals surface area contributed by atoms with Crippen LogP contribution in [0.3, 0.4) is 0 Å². The Labute approximate surface area is 47.7 Å². The van der Waals surface area contributed by atoms with Crippen LogP contribution in [0.25, 0.3) is 0 Å². The highest BCUT2D eigenvalue weighted by Crippen LogP contribution is 1.63. The fourth-order valence-electron chi connectivity index (χ4n) is 0. The fourth-order valence-corrected chi connectivity index (χ4v) is 0. The second kappa shape index (κ2) is 5.56. The molecule has 1 atom stereocenters. The van der Waals surface area contributed by atoms with E-state index in [1.54, 1.807) is 0 Å². The molecule has 6 heteroatoms. The van der Waals surface area contributed by atoms with Crippen molar-refractivity contribution >= 4 is 28.7 Å². The van der Waals surface area contributed by atoms with Crippen molar-refractivity contribution < 1.29 is 18.4 Å². The van der Waals surface area contributed by atoms with Gasteiger partial charge < -0.3 is 0 Å². The maximum atomic E-state index is 9.01. The summed E-state index contributed by atoms with van der Waals surface area (Å²) < 4.78 is 19.1. The van der Waals surface area contributed by atoms with E-state index in [1.165, 1.54) is 0 Å². The minimum absolute atomic E-state index is 0. The number of hydrogen-bond donors (Lipinski definition) is 2. The van der Waals surface area contributed by atoms with Crippen molar-refractivity contribution in [3.8, 4) is 0 Å². The third-order valence-electron chi connectivity index (χ3n) is 0.0638. The Balaban J connectivity index is 0. The van der Waals surface area contributed by atoms with Gasteiger partial charge in [-0.15, -0.1) is 4.33 Å². The molecule has 0 spiro atoms. The summed E-state index contributed by atoms with van der Waals surface area (Å²) in [5.41, 5.74) is 0. The van der Waals surface area contributed by atoms with E-state index in [1.807, 2.05) is 0 Å². The molecule has 0 bridgehead atoms. The van der Waals surface area contributed by atoms with Crippen LogP contribution in [0, 0.1) is 0 Å². The van der Waals surface area contributed by atoms with Gasteiger partial charge in [0.15, 0.2) is 17.4 Å². The first-order chi connectivity index (χ1) is 2.27. The zero-order valence-corrected chi connectivity index (χ0v) is 2.94. The quantitative estimate of drug-likeness (QED) is 0.194. The van der Waals surface area contributed by atoms with Crippen molar-refractivity contribution in [2.45, 2.75) is 0 Å². The molecular weight excluding hydrogens is 123 g/mol. The van der Waals surface area contributed by atoms with Crippen LogP contribution in [0.2, 0.25) is 0 Å². The predicted molar refractivity (Wildman–Crippen MR) is 24.4 cm³/mol. The van der Waals surface area contributed by atoms with Gasteiger partial charge in [0.25, 0.3) is 0 Å². The molecule has 6 heavy (non-hydrogen) atoms. The smallest absolute Gasteiger partial charge is 0.282 e. The zero-order valence-electron chi connectivity index (χ0n) is 2.12. The molecule has 0 aliphatic rings. The first-order valence-electron chi connectivity index (χ1n) is 0.698. The lowest BCUT2D eigenvalue weighted by molar-refractivity contribution is -0.131. The first-order valence-corrected chi connectivity index (χ1v) is 1.73. The van der Waals surface area contributed by atoms with Crippen molar-refractivity contribution in [1.29, 1.82) is 0 Å². The van der Waals surface area contributed by atoms with Crippen LogP contribution in [-0.4, -0.2) is 31.4 Å². The summed E-state index contributed by atoms with van der Waals surface area (Å²) in [6.07, 6.45) is 0. The maximum absolute atomic E-state index is 9.01. The van der Waals surface area contributed by atoms with Crippen molar-refractivity contribution in [3.05, 3.63) is 0 Å². The van der Waals surface area contributed by atoms with Crippen molar-refractivity contribution in [2.75, 3.05) is 0 Å². The van der Waals surface area contributed by atoms with Gasteiger partial charge in [0, 0.05) is 0 Å². The summed E-state index contributed by atoms with van der Waals surface area (Å²) in [6.45, 7) is 0. The molecule has 0 aromatic carbocycles. The molecule has 0 aliphatic heterocycles. The average Bonchev–Trinajstić information content (AvgIpc) is 1.38. The lowest BCUT2D eigenvalue weighted by atomic mass is 15.0. The molecule has 0 radical (unpaired) electrons. The van der Waals surface area contributed by atoms with E-state index in [-0.39, 0.29) is 17.4 Å². The van der Waals surface area contributed by atoms with Crippen LogP contribution in [-0.2, 0) is 15.7 Å². The second-order valence-electron chi connectivity index (χ2n) is 0.292. The van der Waals surface area contributed by atoms with E-state index in [2.05, 4.69) is 4.33 Å². The van der Waals surface area contributed by atoms with E-state index >= 15 is 0 Å². The van der Waals surface area contributed by atoms with Crippen molar-refractivity contribution in [2.24, 2.45) is 0 Å². The van der Waals surface area contributed by atoms with Crippen LogP contribution in [0.5, 0.6) is 0 Å². The molecule has 0 aromatic rings. The van der Waals surface area contributed by atoms with E-state index in [0.29, 0.717) is 0 Å². The molecule has 0 amide bonds. The van der Waals surface area contributed by atoms with Gasteiger partial charge >= 0.3 is 11.4 Å². The molecule has 0 saturated heterocycles. The highest BCUT2D eigenvalue weighted by Gasteiger charge is 1.78. The molecule has 0 heterocycles. The van der Waals surface area contributed by atoms with Gasteiger partial charge in [-0.3, -0.25) is 4.55 Å². The van der Waals surface area contributed by atoms with E-state index in [9.17, 15) is 0 Å². The van der Waals surface area contributed by atoms with E-state index in [4.69, 9.17) is 14.0 Å². The van der Waals surface area contributed by atoms with E-state index in [0.717, 1.165) is 0 Å². The Kier molecular flexibility index (Phi) is 9.04. The average molecular weight is 128 g/mol. The molecule has 4 nitrogen and oxygen atoms in total. The van der Waals surface area contributed by atoms with Crippen molar-refractivity contribution in [3.63, 3.8) is 0 Å². The molecule has 1 unspecified atom stereocenters. The summed E-state index contributed by atoms with van der Waals surface area (Å²) >= 11 is -2.52. The number of rotatable bonds is 1.